The number of aromatic amines is 1. The molecule has 25 heavy (non-hydrogen) atoms. The Morgan fingerprint density at radius 3 is 2.68 bits per heavy atom. The van der Waals surface area contributed by atoms with Gasteiger partial charge in [-0.2, -0.15) is 10.1 Å². The maximum Gasteiger partial charge on any atom is 0.257 e. The first kappa shape index (κ1) is 17.2. The van der Waals surface area contributed by atoms with Gasteiger partial charge in [-0.15, -0.1) is 0 Å². The molecule has 1 N–H and O–H groups in total. The summed E-state index contributed by atoms with van der Waals surface area (Å²) in [5.74, 6) is 1.29. The summed E-state index contributed by atoms with van der Waals surface area (Å²) in [6.07, 6.45) is 2.38. The number of piperazine rings is 1. The minimum atomic E-state index is 0.0328. The Labute approximate surface area is 147 Å². The Bertz CT molecular complexity index is 736. The molecule has 1 fully saturated rings. The number of H-pyrrole nitrogens is 1. The van der Waals surface area contributed by atoms with Gasteiger partial charge >= 0.3 is 0 Å². The van der Waals surface area contributed by atoms with E-state index < -0.39 is 0 Å². The normalized spacial score (nSPS) is 14.7. The molecule has 0 aliphatic carbocycles. The topological polar surface area (TPSA) is 87.2 Å². The monoisotopic (exact) mass is 344 g/mol. The van der Waals surface area contributed by atoms with E-state index in [4.69, 9.17) is 4.74 Å². The summed E-state index contributed by atoms with van der Waals surface area (Å²) in [7, 11) is 0. The number of rotatable bonds is 5. The first-order valence-corrected chi connectivity index (χ1v) is 8.67. The number of nitrogens with one attached hydrogen (secondary N) is 1. The molecule has 0 unspecified atom stereocenters. The van der Waals surface area contributed by atoms with Crippen LogP contribution in [0.1, 0.15) is 35.6 Å². The number of hydrogen-bond acceptors (Lipinski definition) is 6. The van der Waals surface area contributed by atoms with Gasteiger partial charge in [0.05, 0.1) is 18.4 Å². The van der Waals surface area contributed by atoms with Crippen molar-refractivity contribution in [3.8, 4) is 5.88 Å². The fourth-order valence-electron chi connectivity index (χ4n) is 2.93. The molecule has 2 aromatic heterocycles. The lowest BCUT2D eigenvalue weighted by atomic mass is 10.1. The molecule has 3 rings (SSSR count). The van der Waals surface area contributed by atoms with Gasteiger partial charge in [-0.3, -0.25) is 9.89 Å². The molecule has 8 heteroatoms. The minimum Gasteiger partial charge on any atom is -0.478 e. The summed E-state index contributed by atoms with van der Waals surface area (Å²) >= 11 is 0. The Balaban J connectivity index is 1.67. The lowest BCUT2D eigenvalue weighted by molar-refractivity contribution is 0.0745. The van der Waals surface area contributed by atoms with Gasteiger partial charge in [-0.05, 0) is 20.3 Å². The van der Waals surface area contributed by atoms with Gasteiger partial charge in [0, 0.05) is 43.6 Å². The fourth-order valence-corrected chi connectivity index (χ4v) is 2.93. The number of hydrogen-bond donors (Lipinski definition) is 1. The average molecular weight is 344 g/mol. The number of aromatic nitrogens is 4. The molecular weight excluding hydrogens is 320 g/mol. The van der Waals surface area contributed by atoms with E-state index in [2.05, 4.69) is 25.1 Å². The maximum absolute atomic E-state index is 12.7. The highest BCUT2D eigenvalue weighted by Gasteiger charge is 2.25. The van der Waals surface area contributed by atoms with E-state index in [1.807, 2.05) is 31.7 Å². The smallest absolute Gasteiger partial charge is 0.257 e. The van der Waals surface area contributed by atoms with Crippen LogP contribution in [0.25, 0.3) is 0 Å². The van der Waals surface area contributed by atoms with Crippen molar-refractivity contribution in [2.45, 2.75) is 27.2 Å². The lowest BCUT2D eigenvalue weighted by Crippen LogP contribution is -2.49. The van der Waals surface area contributed by atoms with Crippen LogP contribution in [0.15, 0.2) is 12.3 Å². The predicted octanol–water partition coefficient (Wildman–Crippen LogP) is 1.43. The van der Waals surface area contributed by atoms with Crippen LogP contribution in [0.3, 0.4) is 0 Å². The third-order valence-corrected chi connectivity index (χ3v) is 4.26. The van der Waals surface area contributed by atoms with E-state index in [1.54, 1.807) is 6.20 Å². The predicted molar refractivity (Wildman–Crippen MR) is 94.0 cm³/mol. The van der Waals surface area contributed by atoms with Crippen molar-refractivity contribution >= 4 is 11.9 Å². The number of anilines is 1. The molecule has 1 amide bonds. The zero-order valence-electron chi connectivity index (χ0n) is 14.9. The first-order chi connectivity index (χ1) is 12.1. The summed E-state index contributed by atoms with van der Waals surface area (Å²) in [6, 6.07) is 1.83. The first-order valence-electron chi connectivity index (χ1n) is 8.67. The second-order valence-corrected chi connectivity index (χ2v) is 5.98. The average Bonchev–Trinajstić information content (AvgIpc) is 3.10. The van der Waals surface area contributed by atoms with Crippen LogP contribution in [-0.4, -0.2) is 63.8 Å². The number of carbonyl (C=O) groups excluding carboxylic acids is 1. The van der Waals surface area contributed by atoms with Gasteiger partial charge in [-0.1, -0.05) is 6.92 Å². The molecule has 8 nitrogen and oxygen atoms in total. The van der Waals surface area contributed by atoms with E-state index in [1.165, 1.54) is 0 Å². The Hall–Kier alpha value is -2.64. The van der Waals surface area contributed by atoms with Crippen molar-refractivity contribution in [1.82, 2.24) is 25.1 Å². The van der Waals surface area contributed by atoms with E-state index in [-0.39, 0.29) is 5.91 Å². The van der Waals surface area contributed by atoms with Crippen LogP contribution >= 0.6 is 0 Å². The van der Waals surface area contributed by atoms with Crippen LogP contribution in [0.2, 0.25) is 0 Å². The zero-order valence-corrected chi connectivity index (χ0v) is 14.9. The molecule has 1 aliphatic rings. The molecule has 0 atom stereocenters. The SMILES string of the molecule is CCOc1cc(C)nc(N2CCN(C(=O)c3cn[nH]c3CC)CC2)n1. The van der Waals surface area contributed by atoms with E-state index >= 15 is 0 Å². The van der Waals surface area contributed by atoms with Gasteiger partial charge in [0.25, 0.3) is 5.91 Å². The van der Waals surface area contributed by atoms with Crippen LogP contribution in [0.4, 0.5) is 5.95 Å². The molecule has 2 aromatic rings. The molecule has 0 aromatic carbocycles. The molecule has 1 saturated heterocycles. The van der Waals surface area contributed by atoms with Crippen molar-refractivity contribution in [3.63, 3.8) is 0 Å². The van der Waals surface area contributed by atoms with E-state index in [0.717, 1.165) is 17.8 Å². The second kappa shape index (κ2) is 7.50. The Morgan fingerprint density at radius 2 is 2.00 bits per heavy atom. The van der Waals surface area contributed by atoms with Crippen LogP contribution < -0.4 is 9.64 Å². The van der Waals surface area contributed by atoms with E-state index in [0.29, 0.717) is 50.2 Å². The van der Waals surface area contributed by atoms with Crippen LogP contribution in [-0.2, 0) is 6.42 Å². The molecule has 3 heterocycles. The molecule has 0 radical (unpaired) electrons. The number of ether oxygens (including phenoxy) is 1. The summed E-state index contributed by atoms with van der Waals surface area (Å²) in [4.78, 5) is 25.6. The largest absolute Gasteiger partial charge is 0.478 e. The molecular formula is C17H24N6O2. The van der Waals surface area contributed by atoms with E-state index in [9.17, 15) is 4.79 Å². The van der Waals surface area contributed by atoms with Gasteiger partial charge in [0.1, 0.15) is 0 Å². The summed E-state index contributed by atoms with van der Waals surface area (Å²) in [5, 5.41) is 6.88. The third kappa shape index (κ3) is 3.72. The summed E-state index contributed by atoms with van der Waals surface area (Å²) in [6.45, 7) is 9.10. The standard InChI is InChI=1S/C17H24N6O2/c1-4-14-13(11-18-21-14)16(24)22-6-8-23(9-7-22)17-19-12(3)10-15(20-17)25-5-2/h10-11H,4-9H2,1-3H3,(H,18,21). The van der Waals surface area contributed by atoms with Crippen LogP contribution in [0.5, 0.6) is 5.88 Å². The number of amides is 1. The van der Waals surface area contributed by atoms with Crippen molar-refractivity contribution in [2.24, 2.45) is 0 Å². The molecule has 1 aliphatic heterocycles. The highest BCUT2D eigenvalue weighted by atomic mass is 16.5. The summed E-state index contributed by atoms with van der Waals surface area (Å²) in [5.41, 5.74) is 2.43. The molecule has 134 valence electrons. The van der Waals surface area contributed by atoms with Gasteiger partial charge in [-0.25, -0.2) is 4.98 Å². The van der Waals surface area contributed by atoms with Crippen molar-refractivity contribution in [3.05, 3.63) is 29.2 Å². The highest BCUT2D eigenvalue weighted by molar-refractivity contribution is 5.95. The van der Waals surface area contributed by atoms with Crippen molar-refractivity contribution in [1.29, 1.82) is 0 Å². The highest BCUT2D eigenvalue weighted by Crippen LogP contribution is 2.18. The molecule has 0 saturated carbocycles. The zero-order chi connectivity index (χ0) is 17.8. The fraction of sp³-hybridized carbons (Fsp3) is 0.529. The quantitative estimate of drug-likeness (QED) is 0.883. The minimum absolute atomic E-state index is 0.0328. The van der Waals surface area contributed by atoms with Crippen LogP contribution in [0, 0.1) is 6.92 Å². The van der Waals surface area contributed by atoms with Crippen molar-refractivity contribution in [2.75, 3.05) is 37.7 Å². The van der Waals surface area contributed by atoms with Gasteiger partial charge < -0.3 is 14.5 Å². The third-order valence-electron chi connectivity index (χ3n) is 4.26. The molecule has 0 spiro atoms. The maximum atomic E-state index is 12.7. The second-order valence-electron chi connectivity index (χ2n) is 5.98. The molecule has 0 bridgehead atoms. The number of carbonyl (C=O) groups is 1. The van der Waals surface area contributed by atoms with Gasteiger partial charge in [0.2, 0.25) is 11.8 Å². The number of aryl methyl sites for hydroxylation is 2. The number of nitrogens with zero attached hydrogens (tertiary/aromatic N) is 5. The Morgan fingerprint density at radius 1 is 1.24 bits per heavy atom. The van der Waals surface area contributed by atoms with Gasteiger partial charge in [0.15, 0.2) is 0 Å². The van der Waals surface area contributed by atoms with Crippen molar-refractivity contribution < 1.29 is 9.53 Å². The lowest BCUT2D eigenvalue weighted by Gasteiger charge is -2.34. The summed E-state index contributed by atoms with van der Waals surface area (Å²) < 4.78 is 5.50. The Kier molecular flexibility index (Phi) is 5.16.